The molecule has 1 fully saturated rings. The van der Waals surface area contributed by atoms with Crippen LogP contribution in [0, 0.1) is 42.2 Å². The van der Waals surface area contributed by atoms with E-state index in [1.54, 1.807) is 73.7 Å². The number of hydrogen-bond donors (Lipinski definition) is 6. The van der Waals surface area contributed by atoms with Gasteiger partial charge in [0.25, 0.3) is 33.1 Å². The zero-order valence-electron chi connectivity index (χ0n) is 46.3. The van der Waals surface area contributed by atoms with Crippen molar-refractivity contribution < 1.29 is 78.0 Å². The molecule has 1 aliphatic carbocycles. The second-order valence-electron chi connectivity index (χ2n) is 20.7. The maximum atomic E-state index is 13.7. The Morgan fingerprint density at radius 1 is 0.756 bits per heavy atom. The van der Waals surface area contributed by atoms with Gasteiger partial charge in [-0.2, -0.15) is 16.8 Å². The van der Waals surface area contributed by atoms with Crippen molar-refractivity contribution in [1.29, 1.82) is 0 Å². The van der Waals surface area contributed by atoms with Gasteiger partial charge in [-0.25, -0.2) is 18.7 Å². The van der Waals surface area contributed by atoms with E-state index in [2.05, 4.69) is 25.9 Å². The van der Waals surface area contributed by atoms with Gasteiger partial charge in [0.05, 0.1) is 62.1 Å². The van der Waals surface area contributed by atoms with Gasteiger partial charge >= 0.3 is 22.1 Å². The second kappa shape index (κ2) is 25.7. The minimum atomic E-state index is -4.60. The monoisotopic (exact) mass is 1190 g/mol. The summed E-state index contributed by atoms with van der Waals surface area (Å²) in [6, 6.07) is 14.1. The molecular weight excluding hydrogens is 1120 g/mol. The van der Waals surface area contributed by atoms with E-state index in [1.807, 2.05) is 0 Å². The minimum absolute atomic E-state index is 0.0709. The fourth-order valence-electron chi connectivity index (χ4n) is 9.51. The Morgan fingerprint density at radius 3 is 1.74 bits per heavy atom. The molecule has 24 nitrogen and oxygen atoms in total. The number of likely N-dealkylation sites (N-methyl/N-ethyl adjacent to an activating group) is 1. The van der Waals surface area contributed by atoms with Crippen molar-refractivity contribution in [3.8, 4) is 11.5 Å². The maximum absolute atomic E-state index is 13.7. The number of carbonyl (C=O) groups is 4. The second-order valence-corrected chi connectivity index (χ2v) is 23.9. The summed E-state index contributed by atoms with van der Waals surface area (Å²) in [6.07, 6.45) is 0.266. The Kier molecular flexibility index (Phi) is 20.0. The zero-order chi connectivity index (χ0) is 60.8. The van der Waals surface area contributed by atoms with Gasteiger partial charge in [-0.3, -0.25) is 42.1 Å². The van der Waals surface area contributed by atoms with Gasteiger partial charge in [0.15, 0.2) is 17.5 Å². The molecule has 4 heterocycles. The number of nitrogens with zero attached hydrogens (tertiary/aromatic N) is 4. The van der Waals surface area contributed by atoms with Crippen LogP contribution >= 0.6 is 0 Å². The average molecular weight is 1190 g/mol. The number of ether oxygens (including phenoxy) is 2. The molecule has 1 unspecified atom stereocenters. The molecule has 82 heavy (non-hydrogen) atoms. The number of fused-ring (bicyclic) bond motifs is 2. The number of aryl methyl sites for hydroxylation is 2. The molecule has 6 N–H and O–H groups in total. The summed E-state index contributed by atoms with van der Waals surface area (Å²) >= 11 is 0. The molecule has 444 valence electrons. The number of halogens is 2. The largest absolute Gasteiger partial charge is 0.501 e. The highest BCUT2D eigenvalue weighted by atomic mass is 32.2. The van der Waals surface area contributed by atoms with Crippen LogP contribution in [0.1, 0.15) is 127 Å². The number of carbonyl (C=O) groups excluding carboxylic acids is 2. The Morgan fingerprint density at radius 2 is 1.27 bits per heavy atom. The number of aromatic nitrogens is 4. The number of benzene rings is 3. The molecule has 5 aromatic rings. The van der Waals surface area contributed by atoms with Crippen LogP contribution in [0.3, 0.4) is 0 Å². The Labute approximate surface area is 471 Å². The normalized spacial score (nSPS) is 21.1. The van der Waals surface area contributed by atoms with Crippen LogP contribution in [-0.2, 0) is 56.6 Å². The highest BCUT2D eigenvalue weighted by molar-refractivity contribution is 7.87. The molecule has 6 atom stereocenters. The van der Waals surface area contributed by atoms with Crippen LogP contribution in [0.15, 0.2) is 81.2 Å². The highest BCUT2D eigenvalue weighted by Gasteiger charge is 2.58. The number of carboxylic acids is 2. The molecule has 8 rings (SSSR count). The van der Waals surface area contributed by atoms with E-state index in [4.69, 9.17) is 28.1 Å². The molecular formula is C54H65F2N7O17S2. The number of hydrogen-bond acceptors (Lipinski definition) is 18. The predicted octanol–water partition coefficient (Wildman–Crippen LogP) is 4.77. The van der Waals surface area contributed by atoms with E-state index in [0.717, 1.165) is 10.8 Å². The van der Waals surface area contributed by atoms with E-state index in [9.17, 15) is 59.5 Å². The van der Waals surface area contributed by atoms with Crippen molar-refractivity contribution in [2.24, 2.45) is 16.7 Å². The summed E-state index contributed by atoms with van der Waals surface area (Å²) in [6.45, 7) is 11.8. The van der Waals surface area contributed by atoms with Gasteiger partial charge < -0.3 is 44.9 Å². The van der Waals surface area contributed by atoms with E-state index < -0.39 is 113 Å². The van der Waals surface area contributed by atoms with Crippen LogP contribution in [0.5, 0.6) is 11.5 Å². The van der Waals surface area contributed by atoms with Crippen molar-refractivity contribution in [1.82, 2.24) is 35.1 Å². The molecule has 2 amide bonds. The zero-order valence-corrected chi connectivity index (χ0v) is 47.9. The van der Waals surface area contributed by atoms with Gasteiger partial charge in [0.1, 0.15) is 28.2 Å². The summed E-state index contributed by atoms with van der Waals surface area (Å²) in [5.74, 6) is -6.34. The summed E-state index contributed by atoms with van der Waals surface area (Å²) in [5.41, 5.74) is -2.43. The van der Waals surface area contributed by atoms with Gasteiger partial charge in [-0.05, 0) is 106 Å². The van der Waals surface area contributed by atoms with Gasteiger partial charge in [-0.15, -0.1) is 0 Å². The van der Waals surface area contributed by atoms with Crippen LogP contribution in [0.25, 0.3) is 0 Å². The number of carboxylic acid groups (broad SMARTS) is 2. The van der Waals surface area contributed by atoms with E-state index in [0.29, 0.717) is 47.5 Å². The van der Waals surface area contributed by atoms with Gasteiger partial charge in [0, 0.05) is 13.1 Å². The fraction of sp³-hybridized carbons (Fsp3) is 0.444. The third kappa shape index (κ3) is 14.2. The quantitative estimate of drug-likeness (QED) is 0.0815. The van der Waals surface area contributed by atoms with Crippen molar-refractivity contribution in [3.05, 3.63) is 144 Å². The minimum Gasteiger partial charge on any atom is -0.501 e. The maximum Gasteiger partial charge on any atom is 0.339 e. The lowest BCUT2D eigenvalue weighted by Gasteiger charge is -2.36. The van der Waals surface area contributed by atoms with E-state index in [1.165, 1.54) is 53.1 Å². The summed E-state index contributed by atoms with van der Waals surface area (Å²) in [5, 5.41) is 36.5. The average Bonchev–Trinajstić information content (AvgIpc) is 3.48. The number of amides is 2. The van der Waals surface area contributed by atoms with Crippen LogP contribution in [0.2, 0.25) is 0 Å². The van der Waals surface area contributed by atoms with Gasteiger partial charge in [-0.1, -0.05) is 56.3 Å². The number of aliphatic carboxylic acids is 2. The van der Waals surface area contributed by atoms with Crippen LogP contribution in [0.4, 0.5) is 8.78 Å². The molecule has 0 bridgehead atoms. The van der Waals surface area contributed by atoms with Crippen LogP contribution < -0.4 is 31.3 Å². The molecule has 0 radical (unpaired) electrons. The molecule has 3 aromatic carbocycles. The Bertz CT molecular complexity index is 3600. The smallest absolute Gasteiger partial charge is 0.339 e. The Hall–Kier alpha value is -7.50. The van der Waals surface area contributed by atoms with Crippen LogP contribution in [-0.4, -0.2) is 115 Å². The lowest BCUT2D eigenvalue weighted by atomic mass is 9.66. The fourth-order valence-corrected chi connectivity index (χ4v) is 11.0. The first-order valence-corrected chi connectivity index (χ1v) is 28.8. The topological polar surface area (TPSA) is 340 Å². The molecule has 2 aliphatic heterocycles. The molecule has 0 spiro atoms. The van der Waals surface area contributed by atoms with E-state index in [-0.39, 0.29) is 61.2 Å². The van der Waals surface area contributed by atoms with Gasteiger partial charge in [0.2, 0.25) is 11.5 Å². The predicted molar refractivity (Wildman–Crippen MR) is 289 cm³/mol. The third-order valence-corrected chi connectivity index (χ3v) is 16.4. The summed E-state index contributed by atoms with van der Waals surface area (Å²) < 4.78 is 101. The molecule has 3 aliphatic rings. The molecule has 2 aromatic heterocycles. The standard InChI is InChI=1S/C25H26FN3O9S2.C19H23FN4O4.C10H16O4/c1-15-11-17(9-10-19(15)26)12-27-24(30)21-22(38-40(34,35)18-7-5-4-6-8-18)25(31)29-16(2)13-36-14-20(23(29)28-21)37-39(3,32)33;1-10-6-12(4-5-13(10)20)7-22-18(26)15-16(25)19(27)24-11(2)8-28-9-14(21-3)17(24)23-15;1-9(2)6(7(11)12)4-5-10(9,3)8(13)14/h4-11,16,20H,12-14H2,1-3H3,(H,27,30);4-6,11,14,21,25H,7-9H2,1-3H3,(H,22,26);6H,4-5H2,1-3H3,(H,11,12)(H,13,14)/t16-,20?;11-,14+;6-,10+/m000/s1. The molecule has 0 saturated heterocycles. The first-order chi connectivity index (χ1) is 38.3. The summed E-state index contributed by atoms with van der Waals surface area (Å²) in [4.78, 5) is 82.6. The van der Waals surface area contributed by atoms with Crippen molar-refractivity contribution >= 4 is 44.0 Å². The lowest BCUT2D eigenvalue weighted by molar-refractivity contribution is -0.157. The highest BCUT2D eigenvalue weighted by Crippen LogP contribution is 2.56. The summed E-state index contributed by atoms with van der Waals surface area (Å²) in [7, 11) is -6.97. The lowest BCUT2D eigenvalue weighted by Crippen LogP contribution is -2.42. The first kappa shape index (κ1) is 63.7. The first-order valence-electron chi connectivity index (χ1n) is 25.6. The Balaban J connectivity index is 0.000000222. The number of nitrogens with one attached hydrogen (secondary N) is 3. The molecule has 28 heteroatoms. The van der Waals surface area contributed by atoms with Crippen molar-refractivity contribution in [2.45, 2.75) is 104 Å². The number of rotatable bonds is 14. The van der Waals surface area contributed by atoms with E-state index >= 15 is 0 Å². The van der Waals surface area contributed by atoms with Crippen molar-refractivity contribution in [3.63, 3.8) is 0 Å². The third-order valence-electron chi connectivity index (χ3n) is 14.6. The SMILES string of the molecule is CC1(C)[C@H](C(=O)O)CC[C@]1(C)C(=O)O.CN[C@@H]1COC[C@H](C)n2c1nc(C(=O)NCc1ccc(F)c(C)c1)c(O)c2=O.Cc1cc(CNC(=O)c2nc3n(c(=O)c2OS(=O)(=O)c2ccccc2)[C@@H](C)COCC3OS(C)(=O)=O)ccc1F. The van der Waals surface area contributed by atoms with Crippen molar-refractivity contribution in [2.75, 3.05) is 39.7 Å². The number of aromatic hydroxyl groups is 1. The molecule has 1 saturated carbocycles.